The fraction of sp³-hybridized carbons (Fsp3) is 0. The van der Waals surface area contributed by atoms with E-state index < -0.39 is 0 Å². The van der Waals surface area contributed by atoms with Gasteiger partial charge in [0.05, 0.1) is 11.4 Å². The van der Waals surface area contributed by atoms with Gasteiger partial charge >= 0.3 is 0 Å². The van der Waals surface area contributed by atoms with Crippen molar-refractivity contribution in [2.24, 2.45) is 0 Å². The van der Waals surface area contributed by atoms with E-state index in [0.717, 1.165) is 60.9 Å². The average Bonchev–Trinajstić information content (AvgIpc) is 3.69. The average molecular weight is 532 g/mol. The number of anilines is 3. The second-order valence-electron chi connectivity index (χ2n) is 10.1. The first kappa shape index (κ1) is 21.8. The van der Waals surface area contributed by atoms with E-state index >= 15 is 0 Å². The number of nitrogens with zero attached hydrogens (tertiary/aromatic N) is 1. The minimum absolute atomic E-state index is 0.854. The molecule has 0 N–H and O–H groups in total. The Hall–Kier alpha value is -5.06. The minimum Gasteiger partial charge on any atom is -0.454 e. The van der Waals surface area contributed by atoms with Gasteiger partial charge in [0.25, 0.3) is 0 Å². The van der Waals surface area contributed by atoms with Gasteiger partial charge in [-0.25, -0.2) is 0 Å². The van der Waals surface area contributed by atoms with Crippen LogP contribution in [0.1, 0.15) is 0 Å². The highest BCUT2D eigenvalue weighted by Crippen LogP contribution is 2.47. The molecule has 0 saturated heterocycles. The third kappa shape index (κ3) is 3.05. The third-order valence-corrected chi connectivity index (χ3v) is 9.02. The Morgan fingerprint density at radius 3 is 1.60 bits per heavy atom. The summed E-state index contributed by atoms with van der Waals surface area (Å²) in [6.07, 6.45) is 0. The van der Waals surface area contributed by atoms with Crippen LogP contribution >= 0.6 is 11.3 Å². The lowest BCUT2D eigenvalue weighted by molar-refractivity contribution is 0.666. The Labute approximate surface area is 233 Å². The summed E-state index contributed by atoms with van der Waals surface area (Å²) in [6, 6.07) is 44.6. The predicted molar refractivity (Wildman–Crippen MR) is 169 cm³/mol. The number of fused-ring (bicyclic) bond motifs is 9. The molecule has 0 aliphatic carbocycles. The summed E-state index contributed by atoms with van der Waals surface area (Å²) < 4.78 is 15.7. The van der Waals surface area contributed by atoms with Crippen LogP contribution in [0.3, 0.4) is 0 Å². The smallest absolute Gasteiger partial charge is 0.159 e. The lowest BCUT2D eigenvalue weighted by atomic mass is 10.1. The van der Waals surface area contributed by atoms with Gasteiger partial charge < -0.3 is 13.7 Å². The SMILES string of the molecule is c1ccc2c(c1)oc1c(N(c3ccc4sc5ccccc5c4c3)c3cccc4c3oc3ccccc34)cccc12. The number of hydrogen-bond donors (Lipinski definition) is 0. The Morgan fingerprint density at radius 1 is 0.425 bits per heavy atom. The summed E-state index contributed by atoms with van der Waals surface area (Å²) in [5.41, 5.74) is 6.47. The van der Waals surface area contributed by atoms with Gasteiger partial charge in [-0.05, 0) is 48.5 Å². The molecular weight excluding hydrogens is 510 g/mol. The number of para-hydroxylation sites is 4. The van der Waals surface area contributed by atoms with E-state index in [-0.39, 0.29) is 0 Å². The van der Waals surface area contributed by atoms with Crippen LogP contribution in [0, 0.1) is 0 Å². The molecule has 0 bridgehead atoms. The Bertz CT molecular complexity index is 2290. The monoisotopic (exact) mass is 531 g/mol. The van der Waals surface area contributed by atoms with E-state index in [1.807, 2.05) is 35.6 Å². The van der Waals surface area contributed by atoms with Crippen molar-refractivity contribution in [1.82, 2.24) is 0 Å². The molecule has 0 atom stereocenters. The molecule has 0 unspecified atom stereocenters. The van der Waals surface area contributed by atoms with Gasteiger partial charge in [0.2, 0.25) is 0 Å². The summed E-state index contributed by atoms with van der Waals surface area (Å²) >= 11 is 1.83. The first-order valence-corrected chi connectivity index (χ1v) is 14.2. The largest absolute Gasteiger partial charge is 0.454 e. The van der Waals surface area contributed by atoms with Crippen molar-refractivity contribution in [2.75, 3.05) is 4.90 Å². The molecule has 0 amide bonds. The third-order valence-electron chi connectivity index (χ3n) is 7.87. The van der Waals surface area contributed by atoms with E-state index in [2.05, 4.69) is 108 Å². The van der Waals surface area contributed by atoms with Crippen molar-refractivity contribution < 1.29 is 8.83 Å². The van der Waals surface area contributed by atoms with Gasteiger partial charge in [-0.15, -0.1) is 11.3 Å². The molecule has 0 fully saturated rings. The first-order chi connectivity index (χ1) is 19.8. The van der Waals surface area contributed by atoms with E-state index in [1.54, 1.807) is 0 Å². The predicted octanol–water partition coefficient (Wildman–Crippen LogP) is 11.3. The van der Waals surface area contributed by atoms with Crippen LogP contribution in [0.4, 0.5) is 17.1 Å². The van der Waals surface area contributed by atoms with Crippen molar-refractivity contribution in [3.05, 3.63) is 127 Å². The zero-order valence-electron chi connectivity index (χ0n) is 21.3. The lowest BCUT2D eigenvalue weighted by Crippen LogP contribution is -2.10. The number of hydrogen-bond acceptors (Lipinski definition) is 4. The van der Waals surface area contributed by atoms with Gasteiger partial charge in [-0.2, -0.15) is 0 Å². The second-order valence-corrected chi connectivity index (χ2v) is 11.2. The summed E-state index contributed by atoms with van der Waals surface area (Å²) in [5.74, 6) is 0. The van der Waals surface area contributed by atoms with E-state index in [4.69, 9.17) is 8.83 Å². The second kappa shape index (κ2) is 8.22. The molecule has 0 saturated carbocycles. The van der Waals surface area contributed by atoms with Gasteiger partial charge in [0, 0.05) is 47.4 Å². The highest BCUT2D eigenvalue weighted by molar-refractivity contribution is 7.25. The molecule has 6 aromatic carbocycles. The molecule has 3 heterocycles. The molecular formula is C36H21NO2S. The molecule has 3 nitrogen and oxygen atoms in total. The molecule has 9 aromatic rings. The van der Waals surface area contributed by atoms with Crippen LogP contribution < -0.4 is 4.90 Å². The number of rotatable bonds is 3. The van der Waals surface area contributed by atoms with Crippen molar-refractivity contribution in [2.45, 2.75) is 0 Å². The van der Waals surface area contributed by atoms with Crippen LogP contribution in [0.15, 0.2) is 136 Å². The van der Waals surface area contributed by atoms with Crippen LogP contribution in [0.2, 0.25) is 0 Å². The van der Waals surface area contributed by atoms with E-state index in [0.29, 0.717) is 0 Å². The maximum atomic E-state index is 6.55. The van der Waals surface area contributed by atoms with Crippen molar-refractivity contribution in [1.29, 1.82) is 0 Å². The first-order valence-electron chi connectivity index (χ1n) is 13.4. The Morgan fingerprint density at radius 2 is 0.950 bits per heavy atom. The normalized spacial score (nSPS) is 12.0. The Balaban J connectivity index is 1.39. The number of furan rings is 2. The molecule has 188 valence electrons. The van der Waals surface area contributed by atoms with E-state index in [9.17, 15) is 0 Å². The summed E-state index contributed by atoms with van der Waals surface area (Å²) in [4.78, 5) is 2.29. The van der Waals surface area contributed by atoms with Crippen LogP contribution in [-0.4, -0.2) is 0 Å². The van der Waals surface area contributed by atoms with E-state index in [1.165, 1.54) is 20.2 Å². The van der Waals surface area contributed by atoms with Crippen LogP contribution in [-0.2, 0) is 0 Å². The fourth-order valence-electron chi connectivity index (χ4n) is 6.08. The highest BCUT2D eigenvalue weighted by atomic mass is 32.1. The molecule has 0 spiro atoms. The lowest BCUT2D eigenvalue weighted by Gasteiger charge is -2.25. The maximum absolute atomic E-state index is 6.55. The maximum Gasteiger partial charge on any atom is 0.159 e. The van der Waals surface area contributed by atoms with Crippen molar-refractivity contribution >= 4 is 92.4 Å². The molecule has 3 aromatic heterocycles. The molecule has 9 rings (SSSR count). The van der Waals surface area contributed by atoms with Gasteiger partial charge in [-0.1, -0.05) is 78.9 Å². The van der Waals surface area contributed by atoms with Crippen LogP contribution in [0.5, 0.6) is 0 Å². The molecule has 0 aliphatic heterocycles. The van der Waals surface area contributed by atoms with Gasteiger partial charge in [-0.3, -0.25) is 0 Å². The zero-order chi connectivity index (χ0) is 26.2. The number of benzene rings is 6. The van der Waals surface area contributed by atoms with Gasteiger partial charge in [0.1, 0.15) is 11.2 Å². The highest BCUT2D eigenvalue weighted by Gasteiger charge is 2.23. The van der Waals surface area contributed by atoms with Crippen LogP contribution in [0.25, 0.3) is 64.0 Å². The Kier molecular flexibility index (Phi) is 4.48. The number of thiophene rings is 1. The molecule has 40 heavy (non-hydrogen) atoms. The topological polar surface area (TPSA) is 29.5 Å². The summed E-state index contributed by atoms with van der Waals surface area (Å²) in [7, 11) is 0. The standard InChI is InChI=1S/C36H21NO2S/c1-4-16-31-23(9-1)26-12-7-14-29(35(26)38-31)37(22-19-20-34-28(21-22)25-11-3-6-18-33(25)40-34)30-15-8-13-27-24-10-2-5-17-32(24)39-36(27)30/h1-21H. The zero-order valence-corrected chi connectivity index (χ0v) is 22.1. The summed E-state index contributed by atoms with van der Waals surface area (Å²) in [5, 5.41) is 6.93. The van der Waals surface area contributed by atoms with Crippen molar-refractivity contribution in [3.63, 3.8) is 0 Å². The van der Waals surface area contributed by atoms with Gasteiger partial charge in [0.15, 0.2) is 11.2 Å². The minimum atomic E-state index is 0.854. The molecule has 0 radical (unpaired) electrons. The molecule has 0 aliphatic rings. The molecule has 4 heteroatoms. The van der Waals surface area contributed by atoms with Crippen molar-refractivity contribution in [3.8, 4) is 0 Å². The quantitative estimate of drug-likeness (QED) is 0.227. The fourth-order valence-corrected chi connectivity index (χ4v) is 7.16. The summed E-state index contributed by atoms with van der Waals surface area (Å²) in [6.45, 7) is 0.